The summed E-state index contributed by atoms with van der Waals surface area (Å²) in [7, 11) is 0. The second-order valence-electron chi connectivity index (χ2n) is 5.10. The minimum absolute atomic E-state index is 0.0196. The highest BCUT2D eigenvalue weighted by Crippen LogP contribution is 2.21. The van der Waals surface area contributed by atoms with E-state index in [0.29, 0.717) is 19.4 Å². The van der Waals surface area contributed by atoms with Crippen molar-refractivity contribution in [2.45, 2.75) is 58.7 Å². The van der Waals surface area contributed by atoms with Crippen LogP contribution in [0.3, 0.4) is 0 Å². The van der Waals surface area contributed by atoms with Gasteiger partial charge < -0.3 is 10.2 Å². The molecule has 2 rings (SSSR count). The lowest BCUT2D eigenvalue weighted by Gasteiger charge is -2.38. The van der Waals surface area contributed by atoms with Crippen molar-refractivity contribution >= 4 is 23.2 Å². The van der Waals surface area contributed by atoms with Crippen LogP contribution in [0.15, 0.2) is 6.20 Å². The van der Waals surface area contributed by atoms with Gasteiger partial charge in [-0.3, -0.25) is 9.59 Å². The third kappa shape index (κ3) is 3.00. The van der Waals surface area contributed by atoms with Gasteiger partial charge in [0.2, 0.25) is 11.8 Å². The molecule has 2 unspecified atom stereocenters. The molecule has 5 nitrogen and oxygen atoms in total. The van der Waals surface area contributed by atoms with E-state index in [1.54, 1.807) is 22.4 Å². The van der Waals surface area contributed by atoms with Crippen LogP contribution in [-0.2, 0) is 16.1 Å². The Morgan fingerprint density at radius 2 is 2.15 bits per heavy atom. The molecule has 6 heteroatoms. The molecule has 1 aliphatic rings. The standard InChI is InChI=1S/C14H21N3O2S/c1-4-6-10-14(19)17(11(5-2)13(18)16-10)8-12-15-7-9(3)20-12/h7,10-11H,4-6,8H2,1-3H3,(H,16,18). The van der Waals surface area contributed by atoms with Crippen LogP contribution in [-0.4, -0.2) is 33.8 Å². The van der Waals surface area contributed by atoms with Crippen molar-refractivity contribution in [1.29, 1.82) is 0 Å². The van der Waals surface area contributed by atoms with Gasteiger partial charge in [-0.05, 0) is 19.8 Å². The van der Waals surface area contributed by atoms with Crippen molar-refractivity contribution in [1.82, 2.24) is 15.2 Å². The summed E-state index contributed by atoms with van der Waals surface area (Å²) >= 11 is 1.58. The number of amides is 2. The van der Waals surface area contributed by atoms with Gasteiger partial charge in [0.15, 0.2) is 0 Å². The molecular weight excluding hydrogens is 274 g/mol. The number of carbonyl (C=O) groups is 2. The molecule has 0 aromatic carbocycles. The summed E-state index contributed by atoms with van der Waals surface area (Å²) in [5, 5.41) is 3.73. The van der Waals surface area contributed by atoms with Crippen molar-refractivity contribution in [2.75, 3.05) is 0 Å². The minimum Gasteiger partial charge on any atom is -0.343 e. The van der Waals surface area contributed by atoms with E-state index in [2.05, 4.69) is 10.3 Å². The Labute approximate surface area is 123 Å². The zero-order valence-corrected chi connectivity index (χ0v) is 13.0. The van der Waals surface area contributed by atoms with Gasteiger partial charge in [-0.1, -0.05) is 20.3 Å². The Balaban J connectivity index is 2.19. The molecule has 0 radical (unpaired) electrons. The molecule has 0 bridgehead atoms. The molecular formula is C14H21N3O2S. The van der Waals surface area contributed by atoms with Crippen LogP contribution < -0.4 is 5.32 Å². The third-order valence-electron chi connectivity index (χ3n) is 3.52. The normalized spacial score (nSPS) is 23.1. The molecule has 0 saturated carbocycles. The van der Waals surface area contributed by atoms with Gasteiger partial charge in [0.05, 0.1) is 6.54 Å². The maximum atomic E-state index is 12.5. The molecule has 2 amide bonds. The Hall–Kier alpha value is -1.43. The van der Waals surface area contributed by atoms with E-state index in [-0.39, 0.29) is 23.9 Å². The highest BCUT2D eigenvalue weighted by molar-refractivity contribution is 7.11. The average Bonchev–Trinajstić information content (AvgIpc) is 2.81. The minimum atomic E-state index is -0.378. The summed E-state index contributed by atoms with van der Waals surface area (Å²) in [4.78, 5) is 31.8. The molecule has 0 aliphatic carbocycles. The lowest BCUT2D eigenvalue weighted by atomic mass is 10.0. The second kappa shape index (κ2) is 6.35. The number of piperazine rings is 1. The molecule has 1 saturated heterocycles. The Morgan fingerprint density at radius 3 is 2.70 bits per heavy atom. The number of carbonyl (C=O) groups excluding carboxylic acids is 2. The van der Waals surface area contributed by atoms with Crippen LogP contribution in [0, 0.1) is 6.92 Å². The largest absolute Gasteiger partial charge is 0.343 e. The molecule has 1 aliphatic heterocycles. The Morgan fingerprint density at radius 1 is 1.40 bits per heavy atom. The number of rotatable bonds is 5. The van der Waals surface area contributed by atoms with Crippen molar-refractivity contribution in [2.24, 2.45) is 0 Å². The molecule has 1 fully saturated rings. The summed E-state index contributed by atoms with van der Waals surface area (Å²) in [6, 6.07) is -0.754. The number of aryl methyl sites for hydroxylation is 1. The van der Waals surface area contributed by atoms with E-state index in [1.165, 1.54) is 0 Å². The topological polar surface area (TPSA) is 62.3 Å². The van der Waals surface area contributed by atoms with Crippen molar-refractivity contribution in [3.8, 4) is 0 Å². The number of nitrogens with one attached hydrogen (secondary N) is 1. The molecule has 2 atom stereocenters. The average molecular weight is 295 g/mol. The van der Waals surface area contributed by atoms with Crippen molar-refractivity contribution < 1.29 is 9.59 Å². The first kappa shape index (κ1) is 15.0. The van der Waals surface area contributed by atoms with Gasteiger partial charge in [0, 0.05) is 11.1 Å². The summed E-state index contributed by atoms with van der Waals surface area (Å²) in [6.45, 7) is 6.37. The molecule has 1 N–H and O–H groups in total. The Kier molecular flexibility index (Phi) is 4.75. The second-order valence-corrected chi connectivity index (χ2v) is 6.42. The molecule has 0 spiro atoms. The number of aromatic nitrogens is 1. The highest BCUT2D eigenvalue weighted by Gasteiger charge is 2.39. The highest BCUT2D eigenvalue weighted by atomic mass is 32.1. The van der Waals surface area contributed by atoms with E-state index in [1.807, 2.05) is 20.8 Å². The van der Waals surface area contributed by atoms with Crippen LogP contribution in [0.2, 0.25) is 0 Å². The molecule has 2 heterocycles. The van der Waals surface area contributed by atoms with Crippen LogP contribution in [0.4, 0.5) is 0 Å². The number of hydrogen-bond donors (Lipinski definition) is 1. The zero-order chi connectivity index (χ0) is 14.7. The number of thiazole rings is 1. The third-order valence-corrected chi connectivity index (χ3v) is 4.41. The lowest BCUT2D eigenvalue weighted by molar-refractivity contribution is -0.150. The van der Waals surface area contributed by atoms with E-state index in [4.69, 9.17) is 0 Å². The Bertz CT molecular complexity index is 500. The molecule has 1 aromatic rings. The van der Waals surface area contributed by atoms with E-state index in [9.17, 15) is 9.59 Å². The fourth-order valence-electron chi connectivity index (χ4n) is 2.52. The van der Waals surface area contributed by atoms with E-state index >= 15 is 0 Å². The van der Waals surface area contributed by atoms with Gasteiger partial charge in [-0.25, -0.2) is 4.98 Å². The first-order chi connectivity index (χ1) is 9.56. The van der Waals surface area contributed by atoms with Gasteiger partial charge in [-0.2, -0.15) is 0 Å². The predicted octanol–water partition coefficient (Wildman–Crippen LogP) is 1.86. The quantitative estimate of drug-likeness (QED) is 0.902. The van der Waals surface area contributed by atoms with Crippen LogP contribution in [0.5, 0.6) is 0 Å². The van der Waals surface area contributed by atoms with E-state index < -0.39 is 0 Å². The zero-order valence-electron chi connectivity index (χ0n) is 12.2. The van der Waals surface area contributed by atoms with Gasteiger partial charge >= 0.3 is 0 Å². The maximum Gasteiger partial charge on any atom is 0.246 e. The summed E-state index contributed by atoms with van der Waals surface area (Å²) < 4.78 is 0. The fourth-order valence-corrected chi connectivity index (χ4v) is 3.31. The fraction of sp³-hybridized carbons (Fsp3) is 0.643. The smallest absolute Gasteiger partial charge is 0.246 e. The number of nitrogens with zero attached hydrogens (tertiary/aromatic N) is 2. The predicted molar refractivity (Wildman–Crippen MR) is 78.3 cm³/mol. The molecule has 110 valence electrons. The van der Waals surface area contributed by atoms with Gasteiger partial charge in [-0.15, -0.1) is 11.3 Å². The maximum absolute atomic E-state index is 12.5. The lowest BCUT2D eigenvalue weighted by Crippen LogP contribution is -2.62. The van der Waals surface area contributed by atoms with Gasteiger partial charge in [0.25, 0.3) is 0 Å². The van der Waals surface area contributed by atoms with Crippen LogP contribution in [0.25, 0.3) is 0 Å². The number of hydrogen-bond acceptors (Lipinski definition) is 4. The van der Waals surface area contributed by atoms with Crippen LogP contribution in [0.1, 0.15) is 43.0 Å². The summed E-state index contributed by atoms with van der Waals surface area (Å²) in [5.74, 6) is -0.0232. The van der Waals surface area contributed by atoms with Crippen LogP contribution >= 0.6 is 11.3 Å². The van der Waals surface area contributed by atoms with Crippen molar-refractivity contribution in [3.05, 3.63) is 16.1 Å². The molecule has 1 aromatic heterocycles. The SMILES string of the molecule is CCCC1NC(=O)C(CC)N(Cc2ncc(C)s2)C1=O. The van der Waals surface area contributed by atoms with Gasteiger partial charge in [0.1, 0.15) is 17.1 Å². The summed E-state index contributed by atoms with van der Waals surface area (Å²) in [6.07, 6.45) is 3.99. The monoisotopic (exact) mass is 295 g/mol. The van der Waals surface area contributed by atoms with E-state index in [0.717, 1.165) is 16.3 Å². The first-order valence-corrected chi connectivity index (χ1v) is 7.90. The molecule has 20 heavy (non-hydrogen) atoms. The first-order valence-electron chi connectivity index (χ1n) is 7.09. The summed E-state index contributed by atoms with van der Waals surface area (Å²) in [5.41, 5.74) is 0. The van der Waals surface area contributed by atoms with Crippen molar-refractivity contribution in [3.63, 3.8) is 0 Å².